The van der Waals surface area contributed by atoms with Crippen LogP contribution in [0.2, 0.25) is 0 Å². The Morgan fingerprint density at radius 2 is 2.00 bits per heavy atom. The SMILES string of the molecule is CC(NC(=O)C1CCCNC1)C(C)(C)CN(C)C.Cl.Cl. The molecular formula is C14H31Cl2N3O. The molecule has 4 nitrogen and oxygen atoms in total. The monoisotopic (exact) mass is 327 g/mol. The Morgan fingerprint density at radius 1 is 1.40 bits per heavy atom. The van der Waals surface area contributed by atoms with E-state index in [4.69, 9.17) is 0 Å². The summed E-state index contributed by atoms with van der Waals surface area (Å²) >= 11 is 0. The highest BCUT2D eigenvalue weighted by Gasteiger charge is 2.30. The first-order chi connectivity index (χ1) is 8.33. The van der Waals surface area contributed by atoms with E-state index in [9.17, 15) is 4.79 Å². The Balaban J connectivity index is 0. The van der Waals surface area contributed by atoms with Gasteiger partial charge in [0, 0.05) is 19.1 Å². The lowest BCUT2D eigenvalue weighted by atomic mass is 9.84. The van der Waals surface area contributed by atoms with Crippen molar-refractivity contribution in [2.45, 2.75) is 39.7 Å². The number of nitrogens with one attached hydrogen (secondary N) is 2. The van der Waals surface area contributed by atoms with Crippen molar-refractivity contribution in [3.05, 3.63) is 0 Å². The highest BCUT2D eigenvalue weighted by molar-refractivity contribution is 5.85. The fourth-order valence-corrected chi connectivity index (χ4v) is 2.55. The molecule has 1 aliphatic rings. The van der Waals surface area contributed by atoms with Gasteiger partial charge in [-0.05, 0) is 45.8 Å². The van der Waals surface area contributed by atoms with Gasteiger partial charge < -0.3 is 15.5 Å². The van der Waals surface area contributed by atoms with Gasteiger partial charge in [0.25, 0.3) is 0 Å². The lowest BCUT2D eigenvalue weighted by Gasteiger charge is -2.36. The molecule has 2 N–H and O–H groups in total. The second kappa shape index (κ2) is 9.82. The summed E-state index contributed by atoms with van der Waals surface area (Å²) in [6.07, 6.45) is 2.12. The average Bonchev–Trinajstić information content (AvgIpc) is 2.28. The van der Waals surface area contributed by atoms with E-state index in [0.717, 1.165) is 32.5 Å². The molecule has 0 radical (unpaired) electrons. The van der Waals surface area contributed by atoms with Crippen molar-refractivity contribution in [3.63, 3.8) is 0 Å². The topological polar surface area (TPSA) is 44.4 Å². The van der Waals surface area contributed by atoms with E-state index in [1.807, 2.05) is 0 Å². The van der Waals surface area contributed by atoms with Crippen LogP contribution in [0.25, 0.3) is 0 Å². The van der Waals surface area contributed by atoms with Gasteiger partial charge in [0.05, 0.1) is 5.92 Å². The van der Waals surface area contributed by atoms with Gasteiger partial charge in [0.15, 0.2) is 0 Å². The van der Waals surface area contributed by atoms with E-state index in [-0.39, 0.29) is 48.1 Å². The molecule has 2 atom stereocenters. The van der Waals surface area contributed by atoms with E-state index in [1.165, 1.54) is 0 Å². The van der Waals surface area contributed by atoms with Gasteiger partial charge in [-0.15, -0.1) is 24.8 Å². The summed E-state index contributed by atoms with van der Waals surface area (Å²) in [6, 6.07) is 0.189. The molecule has 2 unspecified atom stereocenters. The van der Waals surface area contributed by atoms with Crippen LogP contribution in [-0.2, 0) is 4.79 Å². The van der Waals surface area contributed by atoms with Gasteiger partial charge in [0.2, 0.25) is 5.91 Å². The second-order valence-electron chi connectivity index (χ2n) is 6.50. The number of carbonyl (C=O) groups excluding carboxylic acids is 1. The van der Waals surface area contributed by atoms with Crippen LogP contribution >= 0.6 is 24.8 Å². The van der Waals surface area contributed by atoms with E-state index in [1.54, 1.807) is 0 Å². The summed E-state index contributed by atoms with van der Waals surface area (Å²) in [5.41, 5.74) is 0.0846. The van der Waals surface area contributed by atoms with Crippen LogP contribution in [0.4, 0.5) is 0 Å². The summed E-state index contributed by atoms with van der Waals surface area (Å²) in [5.74, 6) is 0.359. The first kappa shape index (κ1) is 22.3. The normalized spacial score (nSPS) is 20.6. The number of rotatable bonds is 5. The van der Waals surface area contributed by atoms with Crippen molar-refractivity contribution in [1.29, 1.82) is 0 Å². The van der Waals surface area contributed by atoms with Crippen molar-refractivity contribution < 1.29 is 4.79 Å². The number of carbonyl (C=O) groups is 1. The second-order valence-corrected chi connectivity index (χ2v) is 6.50. The number of nitrogens with zero attached hydrogens (tertiary/aromatic N) is 1. The van der Waals surface area contributed by atoms with Crippen LogP contribution in [-0.4, -0.2) is 50.6 Å². The van der Waals surface area contributed by atoms with Crippen LogP contribution in [0.1, 0.15) is 33.6 Å². The van der Waals surface area contributed by atoms with Gasteiger partial charge >= 0.3 is 0 Å². The predicted molar refractivity (Wildman–Crippen MR) is 90.0 cm³/mol. The Labute approximate surface area is 136 Å². The first-order valence-electron chi connectivity index (χ1n) is 6.99. The highest BCUT2D eigenvalue weighted by atomic mass is 35.5. The molecule has 0 bridgehead atoms. The lowest BCUT2D eigenvalue weighted by Crippen LogP contribution is -2.50. The van der Waals surface area contributed by atoms with Gasteiger partial charge in [-0.1, -0.05) is 13.8 Å². The molecule has 1 fully saturated rings. The van der Waals surface area contributed by atoms with Gasteiger partial charge in [-0.2, -0.15) is 0 Å². The molecule has 0 aromatic heterocycles. The molecule has 0 spiro atoms. The minimum absolute atomic E-state index is 0. The molecule has 1 aliphatic heterocycles. The van der Waals surface area contributed by atoms with Gasteiger partial charge in [-0.25, -0.2) is 0 Å². The lowest BCUT2D eigenvalue weighted by molar-refractivity contribution is -0.127. The number of hydrogen-bond donors (Lipinski definition) is 2. The van der Waals surface area contributed by atoms with Crippen LogP contribution in [0, 0.1) is 11.3 Å². The van der Waals surface area contributed by atoms with Crippen molar-refractivity contribution in [2.75, 3.05) is 33.7 Å². The van der Waals surface area contributed by atoms with E-state index in [2.05, 4.69) is 50.4 Å². The summed E-state index contributed by atoms with van der Waals surface area (Å²) < 4.78 is 0. The van der Waals surface area contributed by atoms with Crippen molar-refractivity contribution in [2.24, 2.45) is 11.3 Å². The van der Waals surface area contributed by atoms with Crippen molar-refractivity contribution >= 4 is 30.7 Å². The van der Waals surface area contributed by atoms with Crippen LogP contribution in [0.15, 0.2) is 0 Å². The standard InChI is InChI=1S/C14H29N3O.2ClH/c1-11(14(2,3)10-17(4)5)16-13(18)12-7-6-8-15-9-12;;/h11-12,15H,6-10H2,1-5H3,(H,16,18);2*1H. The molecular weight excluding hydrogens is 297 g/mol. The summed E-state index contributed by atoms with van der Waals surface area (Å²) in [5, 5.41) is 6.48. The first-order valence-corrected chi connectivity index (χ1v) is 6.99. The number of halogens is 2. The molecule has 0 aromatic carbocycles. The van der Waals surface area contributed by atoms with Crippen molar-refractivity contribution in [1.82, 2.24) is 15.5 Å². The predicted octanol–water partition coefficient (Wildman–Crippen LogP) is 1.92. The fraction of sp³-hybridized carbons (Fsp3) is 0.929. The van der Waals surface area contributed by atoms with E-state index < -0.39 is 0 Å². The van der Waals surface area contributed by atoms with Gasteiger partial charge in [0.1, 0.15) is 0 Å². The Kier molecular flexibility index (Phi) is 10.9. The highest BCUT2D eigenvalue weighted by Crippen LogP contribution is 2.22. The fourth-order valence-electron chi connectivity index (χ4n) is 2.55. The largest absolute Gasteiger partial charge is 0.353 e. The van der Waals surface area contributed by atoms with Crippen LogP contribution < -0.4 is 10.6 Å². The maximum Gasteiger partial charge on any atom is 0.224 e. The number of amides is 1. The molecule has 20 heavy (non-hydrogen) atoms. The van der Waals surface area contributed by atoms with Crippen LogP contribution in [0.5, 0.6) is 0 Å². The third-order valence-corrected chi connectivity index (χ3v) is 3.92. The summed E-state index contributed by atoms with van der Waals surface area (Å²) in [6.45, 7) is 9.36. The third kappa shape index (κ3) is 7.11. The quantitative estimate of drug-likeness (QED) is 0.810. The minimum atomic E-state index is 0. The minimum Gasteiger partial charge on any atom is -0.353 e. The summed E-state index contributed by atoms with van der Waals surface area (Å²) in [7, 11) is 4.14. The molecule has 0 saturated carbocycles. The smallest absolute Gasteiger partial charge is 0.224 e. The van der Waals surface area contributed by atoms with Crippen LogP contribution in [0.3, 0.4) is 0 Å². The zero-order valence-electron chi connectivity index (χ0n) is 13.4. The molecule has 0 aliphatic carbocycles. The van der Waals surface area contributed by atoms with E-state index >= 15 is 0 Å². The van der Waals surface area contributed by atoms with Gasteiger partial charge in [-0.3, -0.25) is 4.79 Å². The molecule has 1 amide bonds. The Morgan fingerprint density at radius 3 is 2.45 bits per heavy atom. The number of hydrogen-bond acceptors (Lipinski definition) is 3. The summed E-state index contributed by atoms with van der Waals surface area (Å²) in [4.78, 5) is 14.3. The molecule has 1 heterocycles. The maximum atomic E-state index is 12.2. The maximum absolute atomic E-state index is 12.2. The zero-order chi connectivity index (χ0) is 13.8. The molecule has 0 aromatic rings. The zero-order valence-corrected chi connectivity index (χ0v) is 15.0. The molecule has 1 saturated heterocycles. The Hall–Kier alpha value is -0.0300. The molecule has 1 rings (SSSR count). The third-order valence-electron chi connectivity index (χ3n) is 3.92. The molecule has 6 heteroatoms. The number of piperidine rings is 1. The average molecular weight is 328 g/mol. The molecule has 122 valence electrons. The Bertz CT molecular complexity index is 280. The van der Waals surface area contributed by atoms with Crippen molar-refractivity contribution in [3.8, 4) is 0 Å². The van der Waals surface area contributed by atoms with E-state index in [0.29, 0.717) is 0 Å².